The van der Waals surface area contributed by atoms with Crippen LogP contribution in [-0.2, 0) is 12.8 Å². The third-order valence-corrected chi connectivity index (χ3v) is 4.85. The summed E-state index contributed by atoms with van der Waals surface area (Å²) in [5, 5.41) is 11.0. The van der Waals surface area contributed by atoms with E-state index in [1.165, 1.54) is 11.1 Å². The number of aromatic nitrogens is 2. The van der Waals surface area contributed by atoms with Crippen LogP contribution < -0.4 is 10.6 Å². The molecule has 1 fully saturated rings. The van der Waals surface area contributed by atoms with Crippen molar-refractivity contribution < 1.29 is 4.52 Å². The minimum Gasteiger partial charge on any atom is -0.334 e. The molecule has 122 valence electrons. The lowest BCUT2D eigenvalue weighted by atomic mass is 10.00. The van der Waals surface area contributed by atoms with Crippen molar-refractivity contribution in [3.8, 4) is 11.5 Å². The maximum Gasteiger partial charge on any atom is 0.257 e. The monoisotopic (exact) mass is 313 g/mol. The first-order chi connectivity index (χ1) is 11.3. The molecule has 6 heteroatoms. The molecule has 0 aliphatic carbocycles. The maximum atomic E-state index is 5.54. The standard InChI is InChI=1S/C17H23N5O/c1-22-9-8-19-11-15(22)16-20-17(23-21-16)14-3-2-12-4-6-18-7-5-13(12)10-14/h2-3,10,15,18-19H,4-9,11H2,1H3. The van der Waals surface area contributed by atoms with Crippen LogP contribution in [0.2, 0.25) is 0 Å². The SMILES string of the molecule is CN1CCNCC1c1noc(-c2ccc3c(c2)CCNCC3)n1. The predicted octanol–water partition coefficient (Wildman–Crippen LogP) is 1.00. The van der Waals surface area contributed by atoms with Crippen molar-refractivity contribution in [2.75, 3.05) is 39.8 Å². The van der Waals surface area contributed by atoms with Gasteiger partial charge in [-0.05, 0) is 56.2 Å². The van der Waals surface area contributed by atoms with Crippen LogP contribution in [0.5, 0.6) is 0 Å². The number of benzene rings is 1. The molecule has 6 nitrogen and oxygen atoms in total. The van der Waals surface area contributed by atoms with Gasteiger partial charge in [0.15, 0.2) is 5.82 Å². The van der Waals surface area contributed by atoms with Crippen molar-refractivity contribution in [2.45, 2.75) is 18.9 Å². The lowest BCUT2D eigenvalue weighted by Gasteiger charge is -2.30. The van der Waals surface area contributed by atoms with Crippen LogP contribution in [0, 0.1) is 0 Å². The van der Waals surface area contributed by atoms with E-state index in [4.69, 9.17) is 4.52 Å². The molecule has 0 spiro atoms. The molecule has 1 saturated heterocycles. The summed E-state index contributed by atoms with van der Waals surface area (Å²) in [6.45, 7) is 4.96. The lowest BCUT2D eigenvalue weighted by Crippen LogP contribution is -2.44. The number of rotatable bonds is 2. The number of piperazine rings is 1. The van der Waals surface area contributed by atoms with Gasteiger partial charge in [0.05, 0.1) is 6.04 Å². The Balaban J connectivity index is 1.60. The predicted molar refractivity (Wildman–Crippen MR) is 88.3 cm³/mol. The number of nitrogens with zero attached hydrogens (tertiary/aromatic N) is 3. The maximum absolute atomic E-state index is 5.54. The first-order valence-corrected chi connectivity index (χ1v) is 8.39. The van der Waals surface area contributed by atoms with Gasteiger partial charge >= 0.3 is 0 Å². The number of nitrogens with one attached hydrogen (secondary N) is 2. The summed E-state index contributed by atoms with van der Waals surface area (Å²) in [5.74, 6) is 1.39. The second-order valence-corrected chi connectivity index (χ2v) is 6.39. The topological polar surface area (TPSA) is 66.2 Å². The average molecular weight is 313 g/mol. The van der Waals surface area contributed by atoms with Gasteiger partial charge < -0.3 is 15.2 Å². The Labute approximate surface area is 136 Å². The second-order valence-electron chi connectivity index (χ2n) is 6.39. The number of fused-ring (bicyclic) bond motifs is 1. The van der Waals surface area contributed by atoms with E-state index in [0.717, 1.165) is 57.0 Å². The highest BCUT2D eigenvalue weighted by molar-refractivity contribution is 5.56. The van der Waals surface area contributed by atoms with E-state index < -0.39 is 0 Å². The molecule has 2 N–H and O–H groups in total. The molecule has 3 heterocycles. The molecular formula is C17H23N5O. The van der Waals surface area contributed by atoms with Crippen molar-refractivity contribution in [1.29, 1.82) is 0 Å². The molecule has 4 rings (SSSR count). The Kier molecular flexibility index (Phi) is 4.11. The molecule has 1 unspecified atom stereocenters. The summed E-state index contributed by atoms with van der Waals surface area (Å²) in [7, 11) is 2.11. The average Bonchev–Trinajstić information content (AvgIpc) is 2.94. The minimum atomic E-state index is 0.186. The number of likely N-dealkylation sites (N-methyl/N-ethyl adjacent to an activating group) is 1. The van der Waals surface area contributed by atoms with E-state index in [9.17, 15) is 0 Å². The van der Waals surface area contributed by atoms with Crippen LogP contribution in [0.1, 0.15) is 23.0 Å². The van der Waals surface area contributed by atoms with E-state index in [1.807, 2.05) is 0 Å². The normalized spacial score (nSPS) is 22.6. The van der Waals surface area contributed by atoms with Crippen molar-refractivity contribution >= 4 is 0 Å². The Morgan fingerprint density at radius 1 is 1.13 bits per heavy atom. The zero-order valence-corrected chi connectivity index (χ0v) is 13.5. The van der Waals surface area contributed by atoms with Crippen LogP contribution in [0.25, 0.3) is 11.5 Å². The minimum absolute atomic E-state index is 0.186. The molecule has 0 saturated carbocycles. The van der Waals surface area contributed by atoms with Crippen molar-refractivity contribution in [1.82, 2.24) is 25.7 Å². The largest absolute Gasteiger partial charge is 0.334 e. The third kappa shape index (κ3) is 3.02. The van der Waals surface area contributed by atoms with E-state index in [1.54, 1.807) is 0 Å². The molecule has 0 radical (unpaired) electrons. The second kappa shape index (κ2) is 6.39. The molecule has 2 aliphatic rings. The highest BCUT2D eigenvalue weighted by atomic mass is 16.5. The Bertz CT molecular complexity index is 683. The molecule has 1 aromatic heterocycles. The molecule has 1 atom stereocenters. The lowest BCUT2D eigenvalue weighted by molar-refractivity contribution is 0.190. The van der Waals surface area contributed by atoms with Gasteiger partial charge in [-0.2, -0.15) is 4.98 Å². The molecule has 0 amide bonds. The quantitative estimate of drug-likeness (QED) is 0.862. The molecule has 23 heavy (non-hydrogen) atoms. The zero-order valence-electron chi connectivity index (χ0n) is 13.5. The highest BCUT2D eigenvalue weighted by Crippen LogP contribution is 2.25. The molecule has 0 bridgehead atoms. The van der Waals surface area contributed by atoms with Gasteiger partial charge in [0.25, 0.3) is 5.89 Å². The smallest absolute Gasteiger partial charge is 0.257 e. The number of hydrogen-bond donors (Lipinski definition) is 2. The van der Waals surface area contributed by atoms with Gasteiger partial charge in [0.2, 0.25) is 0 Å². The van der Waals surface area contributed by atoms with Gasteiger partial charge in [-0.3, -0.25) is 4.90 Å². The van der Waals surface area contributed by atoms with Crippen molar-refractivity contribution in [3.05, 3.63) is 35.2 Å². The fraction of sp³-hybridized carbons (Fsp3) is 0.529. The van der Waals surface area contributed by atoms with Crippen LogP contribution in [-0.4, -0.2) is 54.8 Å². The van der Waals surface area contributed by atoms with Gasteiger partial charge in [-0.15, -0.1) is 0 Å². The highest BCUT2D eigenvalue weighted by Gasteiger charge is 2.25. The van der Waals surface area contributed by atoms with Crippen LogP contribution in [0.4, 0.5) is 0 Å². The summed E-state index contributed by atoms with van der Waals surface area (Å²) in [5.41, 5.74) is 3.84. The van der Waals surface area contributed by atoms with Gasteiger partial charge in [-0.25, -0.2) is 0 Å². The fourth-order valence-corrected chi connectivity index (χ4v) is 3.39. The van der Waals surface area contributed by atoms with E-state index in [-0.39, 0.29) is 6.04 Å². The Morgan fingerprint density at radius 3 is 2.87 bits per heavy atom. The van der Waals surface area contributed by atoms with Crippen molar-refractivity contribution in [2.24, 2.45) is 0 Å². The van der Waals surface area contributed by atoms with E-state index in [2.05, 4.69) is 50.9 Å². The Hall–Kier alpha value is -1.76. The fourth-order valence-electron chi connectivity index (χ4n) is 3.39. The van der Waals surface area contributed by atoms with Crippen molar-refractivity contribution in [3.63, 3.8) is 0 Å². The summed E-state index contributed by atoms with van der Waals surface area (Å²) in [4.78, 5) is 6.92. The van der Waals surface area contributed by atoms with Crippen LogP contribution in [0.3, 0.4) is 0 Å². The number of hydrogen-bond acceptors (Lipinski definition) is 6. The zero-order chi connectivity index (χ0) is 15.6. The van der Waals surface area contributed by atoms with Gasteiger partial charge in [0, 0.05) is 25.2 Å². The van der Waals surface area contributed by atoms with Gasteiger partial charge in [0.1, 0.15) is 0 Å². The third-order valence-electron chi connectivity index (χ3n) is 4.85. The summed E-state index contributed by atoms with van der Waals surface area (Å²) < 4.78 is 5.54. The van der Waals surface area contributed by atoms with E-state index in [0.29, 0.717) is 5.89 Å². The van der Waals surface area contributed by atoms with Crippen LogP contribution >= 0.6 is 0 Å². The van der Waals surface area contributed by atoms with E-state index >= 15 is 0 Å². The van der Waals surface area contributed by atoms with Crippen LogP contribution in [0.15, 0.2) is 22.7 Å². The molecule has 1 aromatic carbocycles. The van der Waals surface area contributed by atoms with Gasteiger partial charge in [-0.1, -0.05) is 11.2 Å². The Morgan fingerprint density at radius 2 is 2.00 bits per heavy atom. The summed E-state index contributed by atoms with van der Waals surface area (Å²) in [6.07, 6.45) is 2.14. The molecule has 2 aliphatic heterocycles. The first-order valence-electron chi connectivity index (χ1n) is 8.39. The summed E-state index contributed by atoms with van der Waals surface area (Å²) in [6, 6.07) is 6.70. The molecule has 2 aromatic rings. The molecular weight excluding hydrogens is 290 g/mol. The summed E-state index contributed by atoms with van der Waals surface area (Å²) >= 11 is 0. The first kappa shape index (κ1) is 14.8.